The molecule has 0 amide bonds. The van der Waals surface area contributed by atoms with Gasteiger partial charge in [0.1, 0.15) is 16.7 Å². The number of rotatable bonds is 2. The second kappa shape index (κ2) is 4.66. The number of aromatic nitrogens is 3. The third-order valence-electron chi connectivity index (χ3n) is 2.63. The lowest BCUT2D eigenvalue weighted by Crippen LogP contribution is -2.13. The first-order valence-electron chi connectivity index (χ1n) is 5.75. The van der Waals surface area contributed by atoms with E-state index in [1.54, 1.807) is 12.1 Å². The van der Waals surface area contributed by atoms with Crippen LogP contribution in [0.1, 0.15) is 37.1 Å². The van der Waals surface area contributed by atoms with Gasteiger partial charge in [0.05, 0.1) is 0 Å². The predicted molar refractivity (Wildman–Crippen MR) is 72.5 cm³/mol. The van der Waals surface area contributed by atoms with Gasteiger partial charge < -0.3 is 10.1 Å². The summed E-state index contributed by atoms with van der Waals surface area (Å²) in [6.45, 7) is 5.88. The quantitative estimate of drug-likeness (QED) is 0.828. The molecule has 0 spiro atoms. The summed E-state index contributed by atoms with van der Waals surface area (Å²) in [6.07, 6.45) is 1.52. The molecule has 2 rings (SSSR count). The van der Waals surface area contributed by atoms with E-state index in [1.807, 2.05) is 20.8 Å². The Morgan fingerprint density at radius 2 is 2.11 bits per heavy atom. The van der Waals surface area contributed by atoms with Crippen LogP contribution in [0, 0.1) is 0 Å². The molecular weight excluding hydrogens is 266 g/mol. The van der Waals surface area contributed by atoms with E-state index in [9.17, 15) is 9.90 Å². The monoisotopic (exact) mass is 279 g/mol. The number of aromatic carboxylic acids is 1. The van der Waals surface area contributed by atoms with Crippen molar-refractivity contribution < 1.29 is 9.90 Å². The molecule has 0 saturated carbocycles. The van der Waals surface area contributed by atoms with Gasteiger partial charge in [0.25, 0.3) is 0 Å². The van der Waals surface area contributed by atoms with Crippen molar-refractivity contribution in [3.05, 3.63) is 35.0 Å². The van der Waals surface area contributed by atoms with Crippen LogP contribution in [0.4, 0.5) is 0 Å². The fourth-order valence-corrected chi connectivity index (χ4v) is 1.82. The Kier molecular flexibility index (Phi) is 3.32. The fraction of sp³-hybridized carbons (Fsp3) is 0.308. The topological polar surface area (TPSA) is 78.9 Å². The van der Waals surface area contributed by atoms with Crippen LogP contribution in [0.25, 0.3) is 11.3 Å². The van der Waals surface area contributed by atoms with Crippen molar-refractivity contribution in [1.82, 2.24) is 15.0 Å². The number of hydrogen-bond acceptors (Lipinski definition) is 3. The zero-order valence-corrected chi connectivity index (χ0v) is 11.6. The van der Waals surface area contributed by atoms with Gasteiger partial charge in [0.15, 0.2) is 5.69 Å². The van der Waals surface area contributed by atoms with E-state index in [1.165, 1.54) is 6.20 Å². The highest BCUT2D eigenvalue weighted by Crippen LogP contribution is 2.27. The largest absolute Gasteiger partial charge is 0.477 e. The molecule has 0 aliphatic carbocycles. The molecule has 2 heterocycles. The zero-order valence-electron chi connectivity index (χ0n) is 10.9. The number of aromatic amines is 1. The van der Waals surface area contributed by atoms with Gasteiger partial charge in [-0.3, -0.25) is 0 Å². The standard InChI is InChI=1S/C13H14ClN3O2/c1-13(2,3)12-16-9(10(17-12)11(18)19)7-4-5-15-8(14)6-7/h4-6H,1-3H3,(H,16,17)(H,18,19). The minimum Gasteiger partial charge on any atom is -0.477 e. The van der Waals surface area contributed by atoms with E-state index >= 15 is 0 Å². The van der Waals surface area contributed by atoms with Gasteiger partial charge in [-0.1, -0.05) is 32.4 Å². The molecular formula is C13H14ClN3O2. The Labute approximate surface area is 115 Å². The van der Waals surface area contributed by atoms with E-state index in [2.05, 4.69) is 15.0 Å². The lowest BCUT2D eigenvalue weighted by Gasteiger charge is -2.13. The SMILES string of the molecule is CC(C)(C)c1nc(-c2ccnc(Cl)c2)c(C(=O)O)[nH]1. The van der Waals surface area contributed by atoms with Crippen LogP contribution in [0.3, 0.4) is 0 Å². The molecule has 0 aliphatic rings. The molecule has 0 aliphatic heterocycles. The number of pyridine rings is 1. The van der Waals surface area contributed by atoms with Crippen LogP contribution in [0.5, 0.6) is 0 Å². The molecule has 0 bridgehead atoms. The van der Waals surface area contributed by atoms with Crippen molar-refractivity contribution in [2.45, 2.75) is 26.2 Å². The van der Waals surface area contributed by atoms with E-state index in [0.717, 1.165) is 0 Å². The molecule has 5 nitrogen and oxygen atoms in total. The number of carboxylic acids is 1. The smallest absolute Gasteiger partial charge is 0.354 e. The molecule has 2 aromatic heterocycles. The van der Waals surface area contributed by atoms with Crippen molar-refractivity contribution in [1.29, 1.82) is 0 Å². The Balaban J connectivity index is 2.62. The Morgan fingerprint density at radius 3 is 2.63 bits per heavy atom. The Morgan fingerprint density at radius 1 is 1.42 bits per heavy atom. The molecule has 0 radical (unpaired) electrons. The van der Waals surface area contributed by atoms with Crippen molar-refractivity contribution in [2.24, 2.45) is 0 Å². The van der Waals surface area contributed by atoms with Crippen molar-refractivity contribution in [3.63, 3.8) is 0 Å². The van der Waals surface area contributed by atoms with E-state index in [4.69, 9.17) is 11.6 Å². The first-order chi connectivity index (χ1) is 8.79. The summed E-state index contributed by atoms with van der Waals surface area (Å²) in [4.78, 5) is 22.4. The molecule has 2 aromatic rings. The van der Waals surface area contributed by atoms with Crippen LogP contribution in [0.2, 0.25) is 5.15 Å². The van der Waals surface area contributed by atoms with Gasteiger partial charge in [-0.2, -0.15) is 0 Å². The fourth-order valence-electron chi connectivity index (χ4n) is 1.64. The highest BCUT2D eigenvalue weighted by Gasteiger charge is 2.24. The summed E-state index contributed by atoms with van der Waals surface area (Å²) in [7, 11) is 0. The average Bonchev–Trinajstić information content (AvgIpc) is 2.73. The maximum atomic E-state index is 11.3. The Hall–Kier alpha value is -1.88. The van der Waals surface area contributed by atoms with Gasteiger partial charge in [-0.15, -0.1) is 0 Å². The van der Waals surface area contributed by atoms with Crippen molar-refractivity contribution in [2.75, 3.05) is 0 Å². The molecule has 0 atom stereocenters. The van der Waals surface area contributed by atoms with Crippen molar-refractivity contribution in [3.8, 4) is 11.3 Å². The van der Waals surface area contributed by atoms with Crippen LogP contribution >= 0.6 is 11.6 Å². The molecule has 19 heavy (non-hydrogen) atoms. The molecule has 0 fully saturated rings. The van der Waals surface area contributed by atoms with Crippen LogP contribution in [0.15, 0.2) is 18.3 Å². The number of carboxylic acid groups (broad SMARTS) is 1. The normalized spacial score (nSPS) is 11.6. The molecule has 6 heteroatoms. The number of halogens is 1. The first kappa shape index (κ1) is 13.5. The minimum absolute atomic E-state index is 0.0622. The third kappa shape index (κ3) is 2.76. The number of carbonyl (C=O) groups is 1. The number of nitrogens with one attached hydrogen (secondary N) is 1. The van der Waals surface area contributed by atoms with Gasteiger partial charge in [-0.25, -0.2) is 14.8 Å². The van der Waals surface area contributed by atoms with Gasteiger partial charge in [0, 0.05) is 17.2 Å². The number of hydrogen-bond donors (Lipinski definition) is 2. The maximum Gasteiger partial charge on any atom is 0.354 e. The summed E-state index contributed by atoms with van der Waals surface area (Å²) in [5.41, 5.74) is 0.803. The van der Waals surface area contributed by atoms with E-state index < -0.39 is 5.97 Å². The Bertz CT molecular complexity index is 629. The summed E-state index contributed by atoms with van der Waals surface area (Å²) >= 11 is 5.83. The summed E-state index contributed by atoms with van der Waals surface area (Å²) in [5, 5.41) is 9.56. The van der Waals surface area contributed by atoms with Crippen molar-refractivity contribution >= 4 is 17.6 Å². The van der Waals surface area contributed by atoms with Gasteiger partial charge in [-0.05, 0) is 12.1 Å². The van der Waals surface area contributed by atoms with E-state index in [-0.39, 0.29) is 11.1 Å². The average molecular weight is 280 g/mol. The zero-order chi connectivity index (χ0) is 14.2. The second-order valence-corrected chi connectivity index (χ2v) is 5.62. The molecule has 0 aromatic carbocycles. The predicted octanol–water partition coefficient (Wildman–Crippen LogP) is 3.12. The number of H-pyrrole nitrogens is 1. The molecule has 2 N–H and O–H groups in total. The minimum atomic E-state index is -1.05. The molecule has 100 valence electrons. The van der Waals surface area contributed by atoms with Crippen LogP contribution in [-0.2, 0) is 5.41 Å². The molecule has 0 saturated heterocycles. The highest BCUT2D eigenvalue weighted by atomic mass is 35.5. The third-order valence-corrected chi connectivity index (χ3v) is 2.83. The van der Waals surface area contributed by atoms with Gasteiger partial charge in [0.2, 0.25) is 0 Å². The van der Waals surface area contributed by atoms with Crippen LogP contribution < -0.4 is 0 Å². The second-order valence-electron chi connectivity index (χ2n) is 5.23. The number of imidazole rings is 1. The summed E-state index contributed by atoms with van der Waals surface area (Å²) in [5.74, 6) is -0.432. The number of nitrogens with zero attached hydrogens (tertiary/aromatic N) is 2. The van der Waals surface area contributed by atoms with Gasteiger partial charge >= 0.3 is 5.97 Å². The summed E-state index contributed by atoms with van der Waals surface area (Å²) < 4.78 is 0. The summed E-state index contributed by atoms with van der Waals surface area (Å²) in [6, 6.07) is 3.28. The highest BCUT2D eigenvalue weighted by molar-refractivity contribution is 6.29. The first-order valence-corrected chi connectivity index (χ1v) is 6.12. The van der Waals surface area contributed by atoms with E-state index in [0.29, 0.717) is 22.2 Å². The maximum absolute atomic E-state index is 11.3. The molecule has 0 unspecified atom stereocenters. The lowest BCUT2D eigenvalue weighted by atomic mass is 9.96. The lowest BCUT2D eigenvalue weighted by molar-refractivity contribution is 0.0692. The van der Waals surface area contributed by atoms with Crippen LogP contribution in [-0.4, -0.2) is 26.0 Å².